The SMILES string of the molecule is C=CC([N][Si](C)C)C1=CC=CC1. The van der Waals surface area contributed by atoms with E-state index >= 15 is 0 Å². The van der Waals surface area contributed by atoms with Gasteiger partial charge in [0.15, 0.2) is 0 Å². The molecule has 0 saturated carbocycles. The molecule has 2 heteroatoms. The molecule has 0 bridgehead atoms. The summed E-state index contributed by atoms with van der Waals surface area (Å²) in [4.78, 5) is 4.65. The first kappa shape index (κ1) is 9.48. The largest absolute Gasteiger partial charge is 0.260 e. The summed E-state index contributed by atoms with van der Waals surface area (Å²) >= 11 is 0. The third-order valence-electron chi connectivity index (χ3n) is 1.80. The molecule has 0 aromatic rings. The third-order valence-corrected chi connectivity index (χ3v) is 2.59. The summed E-state index contributed by atoms with van der Waals surface area (Å²) in [6, 6.07) is 0.267. The molecule has 0 aromatic heterocycles. The summed E-state index contributed by atoms with van der Waals surface area (Å²) in [5.41, 5.74) is 1.39. The van der Waals surface area contributed by atoms with Crippen molar-refractivity contribution in [2.24, 2.45) is 0 Å². The van der Waals surface area contributed by atoms with Crippen LogP contribution in [-0.4, -0.2) is 15.0 Å². The predicted octanol–water partition coefficient (Wildman–Crippen LogP) is 2.28. The van der Waals surface area contributed by atoms with Gasteiger partial charge in [-0.05, 0) is 12.0 Å². The second kappa shape index (κ2) is 4.43. The van der Waals surface area contributed by atoms with Crippen LogP contribution in [0.15, 0.2) is 36.5 Å². The molecule has 1 nitrogen and oxygen atoms in total. The summed E-state index contributed by atoms with van der Waals surface area (Å²) in [6.45, 7) is 8.21. The molecular weight excluding hydrogens is 162 g/mol. The summed E-state index contributed by atoms with van der Waals surface area (Å²) in [6.07, 6.45) is 9.41. The summed E-state index contributed by atoms with van der Waals surface area (Å²) < 4.78 is 0. The Morgan fingerprint density at radius 1 is 1.67 bits per heavy atom. The van der Waals surface area contributed by atoms with Crippen LogP contribution in [0, 0.1) is 0 Å². The minimum atomic E-state index is -0.497. The van der Waals surface area contributed by atoms with Gasteiger partial charge in [-0.3, -0.25) is 4.98 Å². The number of nitrogens with zero attached hydrogens (tertiary/aromatic N) is 1. The highest BCUT2D eigenvalue weighted by Gasteiger charge is 2.13. The minimum absolute atomic E-state index is 0.267. The average Bonchev–Trinajstić information content (AvgIpc) is 2.51. The molecule has 1 unspecified atom stereocenters. The molecule has 0 saturated heterocycles. The minimum Gasteiger partial charge on any atom is -0.260 e. The fourth-order valence-electron chi connectivity index (χ4n) is 1.25. The molecule has 0 amide bonds. The monoisotopic (exact) mass is 177 g/mol. The Bertz CT molecular complexity index is 216. The van der Waals surface area contributed by atoms with Gasteiger partial charge in [-0.25, -0.2) is 0 Å². The maximum atomic E-state index is 4.65. The van der Waals surface area contributed by atoms with Crippen LogP contribution < -0.4 is 4.98 Å². The molecule has 12 heavy (non-hydrogen) atoms. The Morgan fingerprint density at radius 2 is 2.42 bits per heavy atom. The summed E-state index contributed by atoms with van der Waals surface area (Å²) in [5, 5.41) is 0. The van der Waals surface area contributed by atoms with Crippen LogP contribution in [0.5, 0.6) is 0 Å². The van der Waals surface area contributed by atoms with Crippen LogP contribution in [0.25, 0.3) is 0 Å². The highest BCUT2D eigenvalue weighted by atomic mass is 28.3. The number of allylic oxidation sites excluding steroid dienone is 3. The van der Waals surface area contributed by atoms with E-state index in [9.17, 15) is 0 Å². The molecule has 1 aliphatic carbocycles. The normalized spacial score (nSPS) is 18.1. The van der Waals surface area contributed by atoms with E-state index in [1.165, 1.54) is 5.57 Å². The van der Waals surface area contributed by atoms with Gasteiger partial charge in [-0.2, -0.15) is 0 Å². The maximum Gasteiger partial charge on any atom is 0.149 e. The van der Waals surface area contributed by atoms with Crippen molar-refractivity contribution in [2.75, 3.05) is 0 Å². The van der Waals surface area contributed by atoms with E-state index in [0.717, 1.165) is 6.42 Å². The van der Waals surface area contributed by atoms with Gasteiger partial charge in [-0.15, -0.1) is 6.58 Å². The van der Waals surface area contributed by atoms with E-state index in [1.807, 2.05) is 6.08 Å². The van der Waals surface area contributed by atoms with E-state index < -0.39 is 8.96 Å². The molecule has 0 spiro atoms. The topological polar surface area (TPSA) is 14.1 Å². The lowest BCUT2D eigenvalue weighted by atomic mass is 10.1. The average molecular weight is 177 g/mol. The van der Waals surface area contributed by atoms with Crippen LogP contribution in [-0.2, 0) is 0 Å². The lowest BCUT2D eigenvalue weighted by Crippen LogP contribution is -2.30. The zero-order valence-electron chi connectivity index (χ0n) is 7.75. The van der Waals surface area contributed by atoms with Gasteiger partial charge in [0.25, 0.3) is 0 Å². The van der Waals surface area contributed by atoms with Crippen LogP contribution >= 0.6 is 0 Å². The molecule has 1 rings (SSSR count). The van der Waals surface area contributed by atoms with Gasteiger partial charge < -0.3 is 0 Å². The van der Waals surface area contributed by atoms with Gasteiger partial charge in [0.1, 0.15) is 8.96 Å². The van der Waals surface area contributed by atoms with E-state index in [0.29, 0.717) is 0 Å². The molecule has 1 aliphatic rings. The quantitative estimate of drug-likeness (QED) is 0.462. The fraction of sp³-hybridized carbons (Fsp3) is 0.400. The van der Waals surface area contributed by atoms with Crippen molar-refractivity contribution >= 4 is 8.96 Å². The van der Waals surface area contributed by atoms with Crippen LogP contribution in [0.1, 0.15) is 6.42 Å². The van der Waals surface area contributed by atoms with Crippen LogP contribution in [0.2, 0.25) is 13.1 Å². The van der Waals surface area contributed by atoms with Crippen LogP contribution in [0.3, 0.4) is 0 Å². The van der Waals surface area contributed by atoms with Gasteiger partial charge in [0, 0.05) is 0 Å². The van der Waals surface area contributed by atoms with E-state index in [2.05, 4.69) is 42.9 Å². The standard InChI is InChI=1S/C10H15NSi/c1-4-10(11-12(2)3)9-7-5-6-8-9/h4-7,10H,1,8H2,2-3H3. The maximum absolute atomic E-state index is 4.65. The summed E-state index contributed by atoms with van der Waals surface area (Å²) in [7, 11) is -0.497. The van der Waals surface area contributed by atoms with Crippen molar-refractivity contribution in [1.82, 2.24) is 4.98 Å². The Balaban J connectivity index is 2.51. The third kappa shape index (κ3) is 2.46. The highest BCUT2D eigenvalue weighted by Crippen LogP contribution is 2.16. The first-order valence-corrected chi connectivity index (χ1v) is 6.68. The number of hydrogen-bond donors (Lipinski definition) is 0. The van der Waals surface area contributed by atoms with Gasteiger partial charge in [0.2, 0.25) is 0 Å². The molecule has 0 heterocycles. The lowest BCUT2D eigenvalue weighted by Gasteiger charge is -2.15. The van der Waals surface area contributed by atoms with Crippen molar-refractivity contribution in [2.45, 2.75) is 25.6 Å². The van der Waals surface area contributed by atoms with Crippen molar-refractivity contribution < 1.29 is 0 Å². The fourth-order valence-corrected chi connectivity index (χ4v) is 2.08. The first-order chi connectivity index (χ1) is 5.74. The molecule has 0 fully saturated rings. The van der Waals surface area contributed by atoms with Crippen molar-refractivity contribution in [3.05, 3.63) is 36.5 Å². The highest BCUT2D eigenvalue weighted by molar-refractivity contribution is 6.52. The number of rotatable bonds is 4. The smallest absolute Gasteiger partial charge is 0.149 e. The molecule has 0 N–H and O–H groups in total. The van der Waals surface area contributed by atoms with Gasteiger partial charge in [-0.1, -0.05) is 37.4 Å². The lowest BCUT2D eigenvalue weighted by molar-refractivity contribution is 0.818. The van der Waals surface area contributed by atoms with Crippen molar-refractivity contribution in [1.29, 1.82) is 0 Å². The van der Waals surface area contributed by atoms with Crippen LogP contribution in [0.4, 0.5) is 0 Å². The van der Waals surface area contributed by atoms with E-state index in [4.69, 9.17) is 0 Å². The molecule has 2 radical (unpaired) electrons. The Kier molecular flexibility index (Phi) is 3.50. The second-order valence-corrected chi connectivity index (χ2v) is 5.28. The Labute approximate surface area is 76.6 Å². The molecule has 0 aromatic carbocycles. The van der Waals surface area contributed by atoms with Gasteiger partial charge >= 0.3 is 0 Å². The number of hydrogen-bond acceptors (Lipinski definition) is 0. The molecule has 64 valence electrons. The Morgan fingerprint density at radius 3 is 2.83 bits per heavy atom. The van der Waals surface area contributed by atoms with Crippen molar-refractivity contribution in [3.8, 4) is 0 Å². The predicted molar refractivity (Wildman–Crippen MR) is 55.4 cm³/mol. The zero-order chi connectivity index (χ0) is 8.97. The summed E-state index contributed by atoms with van der Waals surface area (Å²) in [5.74, 6) is 0. The first-order valence-electron chi connectivity index (χ1n) is 4.23. The van der Waals surface area contributed by atoms with E-state index in [-0.39, 0.29) is 6.04 Å². The molecule has 1 atom stereocenters. The van der Waals surface area contributed by atoms with Gasteiger partial charge in [0.05, 0.1) is 6.04 Å². The van der Waals surface area contributed by atoms with Crippen molar-refractivity contribution in [3.63, 3.8) is 0 Å². The zero-order valence-corrected chi connectivity index (χ0v) is 8.75. The molecule has 0 aliphatic heterocycles. The Hall–Kier alpha value is -0.603. The molecular formula is C10H15NSi. The second-order valence-electron chi connectivity index (χ2n) is 3.13. The van der Waals surface area contributed by atoms with E-state index in [1.54, 1.807) is 0 Å².